The molecule has 0 atom stereocenters. The van der Waals surface area contributed by atoms with E-state index >= 15 is 0 Å². The molecule has 8 heteroatoms. The van der Waals surface area contributed by atoms with Gasteiger partial charge in [-0.25, -0.2) is 0 Å². The highest BCUT2D eigenvalue weighted by atomic mass is 35.5. The summed E-state index contributed by atoms with van der Waals surface area (Å²) in [5, 5.41) is 2.91. The molecule has 172 valence electrons. The van der Waals surface area contributed by atoms with Crippen LogP contribution in [0.25, 0.3) is 5.69 Å². The predicted octanol–water partition coefficient (Wildman–Crippen LogP) is 5.25. The number of amides is 1. The highest BCUT2D eigenvalue weighted by molar-refractivity contribution is 7.18. The summed E-state index contributed by atoms with van der Waals surface area (Å²) in [4.78, 5) is 39.1. The smallest absolute Gasteiger partial charge is 0.265 e. The van der Waals surface area contributed by atoms with Crippen molar-refractivity contribution in [3.8, 4) is 5.69 Å². The van der Waals surface area contributed by atoms with Crippen LogP contribution in [0.1, 0.15) is 31.2 Å². The number of carbonyl (C=O) groups is 2. The first kappa shape index (κ1) is 23.6. The van der Waals surface area contributed by atoms with Gasteiger partial charge in [-0.1, -0.05) is 41.9 Å². The molecule has 0 aliphatic carbocycles. The van der Waals surface area contributed by atoms with Crippen LogP contribution in [-0.4, -0.2) is 28.7 Å². The molecule has 2 aromatic carbocycles. The molecule has 4 aromatic rings. The van der Waals surface area contributed by atoms with Gasteiger partial charge in [0.1, 0.15) is 6.29 Å². The van der Waals surface area contributed by atoms with Crippen LogP contribution in [-0.2, 0) is 13.1 Å². The number of nitrogens with one attached hydrogen (secondary N) is 1. The van der Waals surface area contributed by atoms with Gasteiger partial charge in [0.05, 0.1) is 9.21 Å². The van der Waals surface area contributed by atoms with Gasteiger partial charge in [-0.3, -0.25) is 23.9 Å². The standard InChI is InChI=1S/C26H22ClN3O3S/c1-29(15-18-6-4-8-20(14-18)30-13-3-2-10-25(30)32)16-21-19(17-31)7-5-9-22(21)28-26(33)23-11-12-24(27)34-23/h2-14,17H,15-16H2,1H3,(H,28,33). The third-order valence-electron chi connectivity index (χ3n) is 5.28. The van der Waals surface area contributed by atoms with Crippen LogP contribution in [0.15, 0.2) is 83.8 Å². The zero-order chi connectivity index (χ0) is 24.1. The molecular formula is C26H22ClN3O3S. The lowest BCUT2D eigenvalue weighted by Crippen LogP contribution is -2.21. The minimum absolute atomic E-state index is 0.0969. The number of hydrogen-bond donors (Lipinski definition) is 1. The molecule has 1 N–H and O–H groups in total. The Morgan fingerprint density at radius 1 is 1.06 bits per heavy atom. The molecule has 2 heterocycles. The molecule has 0 unspecified atom stereocenters. The van der Waals surface area contributed by atoms with Crippen molar-refractivity contribution in [1.82, 2.24) is 9.47 Å². The van der Waals surface area contributed by atoms with Gasteiger partial charge in [0, 0.05) is 47.9 Å². The van der Waals surface area contributed by atoms with E-state index in [0.29, 0.717) is 33.6 Å². The third-order valence-corrected chi connectivity index (χ3v) is 6.51. The Labute approximate surface area is 206 Å². The van der Waals surface area contributed by atoms with Crippen LogP contribution in [0, 0.1) is 0 Å². The summed E-state index contributed by atoms with van der Waals surface area (Å²) in [5.41, 5.74) is 3.52. The molecule has 0 aliphatic heterocycles. The van der Waals surface area contributed by atoms with Gasteiger partial charge < -0.3 is 5.32 Å². The van der Waals surface area contributed by atoms with Gasteiger partial charge in [0.15, 0.2) is 0 Å². The molecule has 6 nitrogen and oxygen atoms in total. The summed E-state index contributed by atoms with van der Waals surface area (Å²) in [6.45, 7) is 1.02. The van der Waals surface area contributed by atoms with Crippen molar-refractivity contribution in [2.75, 3.05) is 12.4 Å². The topological polar surface area (TPSA) is 71.4 Å². The van der Waals surface area contributed by atoms with Crippen molar-refractivity contribution < 1.29 is 9.59 Å². The lowest BCUT2D eigenvalue weighted by atomic mass is 10.0. The summed E-state index contributed by atoms with van der Waals surface area (Å²) < 4.78 is 2.13. The Morgan fingerprint density at radius 2 is 1.88 bits per heavy atom. The molecule has 0 bridgehead atoms. The quantitative estimate of drug-likeness (QED) is 0.342. The fourth-order valence-corrected chi connectivity index (χ4v) is 4.65. The van der Waals surface area contributed by atoms with Gasteiger partial charge in [0.2, 0.25) is 0 Å². The molecule has 1 amide bonds. The van der Waals surface area contributed by atoms with E-state index in [-0.39, 0.29) is 11.5 Å². The fraction of sp³-hybridized carbons (Fsp3) is 0.115. The van der Waals surface area contributed by atoms with Gasteiger partial charge in [-0.05, 0) is 49.0 Å². The highest BCUT2D eigenvalue weighted by Crippen LogP contribution is 2.25. The number of aldehydes is 1. The summed E-state index contributed by atoms with van der Waals surface area (Å²) in [6.07, 6.45) is 2.53. The van der Waals surface area contributed by atoms with E-state index in [2.05, 4.69) is 5.32 Å². The van der Waals surface area contributed by atoms with Crippen LogP contribution in [0.2, 0.25) is 4.34 Å². The number of thiophene rings is 1. The van der Waals surface area contributed by atoms with Gasteiger partial charge in [0.25, 0.3) is 11.5 Å². The van der Waals surface area contributed by atoms with Crippen molar-refractivity contribution in [2.45, 2.75) is 13.1 Å². The average Bonchev–Trinajstić information content (AvgIpc) is 3.27. The Kier molecular flexibility index (Phi) is 7.37. The van der Waals surface area contributed by atoms with Gasteiger partial charge in [-0.2, -0.15) is 0 Å². The lowest BCUT2D eigenvalue weighted by Gasteiger charge is -2.21. The van der Waals surface area contributed by atoms with E-state index in [1.165, 1.54) is 17.4 Å². The molecular weight excluding hydrogens is 470 g/mol. The van der Waals surface area contributed by atoms with E-state index in [1.54, 1.807) is 47.2 Å². The largest absolute Gasteiger partial charge is 0.321 e. The lowest BCUT2D eigenvalue weighted by molar-refractivity contribution is 0.102. The summed E-state index contributed by atoms with van der Waals surface area (Å²) >= 11 is 7.15. The first-order valence-electron chi connectivity index (χ1n) is 10.5. The molecule has 0 spiro atoms. The zero-order valence-corrected chi connectivity index (χ0v) is 20.0. The Bertz CT molecular complexity index is 1400. The minimum Gasteiger partial charge on any atom is -0.321 e. The number of benzene rings is 2. The molecule has 0 saturated heterocycles. The second-order valence-electron chi connectivity index (χ2n) is 7.80. The molecule has 0 radical (unpaired) electrons. The van der Waals surface area contributed by atoms with Crippen molar-refractivity contribution >= 4 is 40.8 Å². The van der Waals surface area contributed by atoms with E-state index < -0.39 is 0 Å². The number of carbonyl (C=O) groups excluding carboxylic acids is 2. The molecule has 34 heavy (non-hydrogen) atoms. The van der Waals surface area contributed by atoms with Gasteiger partial charge in [-0.15, -0.1) is 11.3 Å². The predicted molar refractivity (Wildman–Crippen MR) is 136 cm³/mol. The van der Waals surface area contributed by atoms with Crippen LogP contribution in [0.3, 0.4) is 0 Å². The monoisotopic (exact) mass is 491 g/mol. The zero-order valence-electron chi connectivity index (χ0n) is 18.4. The van der Waals surface area contributed by atoms with Gasteiger partial charge >= 0.3 is 0 Å². The van der Waals surface area contributed by atoms with Crippen molar-refractivity contribution in [2.24, 2.45) is 0 Å². The summed E-state index contributed by atoms with van der Waals surface area (Å²) in [7, 11) is 1.94. The number of anilines is 1. The number of hydrogen-bond acceptors (Lipinski definition) is 5. The maximum absolute atomic E-state index is 12.7. The number of halogens is 1. The van der Waals surface area contributed by atoms with Crippen LogP contribution >= 0.6 is 22.9 Å². The van der Waals surface area contributed by atoms with Crippen LogP contribution in [0.5, 0.6) is 0 Å². The van der Waals surface area contributed by atoms with E-state index in [9.17, 15) is 14.4 Å². The van der Waals surface area contributed by atoms with E-state index in [1.807, 2.05) is 42.3 Å². The van der Waals surface area contributed by atoms with Crippen molar-refractivity contribution in [3.63, 3.8) is 0 Å². The first-order valence-corrected chi connectivity index (χ1v) is 11.7. The minimum atomic E-state index is -0.273. The van der Waals surface area contributed by atoms with Crippen molar-refractivity contribution in [3.05, 3.63) is 115 Å². The number of rotatable bonds is 8. The van der Waals surface area contributed by atoms with E-state index in [4.69, 9.17) is 11.6 Å². The molecule has 0 fully saturated rings. The number of pyridine rings is 1. The van der Waals surface area contributed by atoms with Crippen molar-refractivity contribution in [1.29, 1.82) is 0 Å². The van der Waals surface area contributed by atoms with Crippen LogP contribution in [0.4, 0.5) is 5.69 Å². The number of aromatic nitrogens is 1. The number of nitrogens with zero attached hydrogens (tertiary/aromatic N) is 2. The third kappa shape index (κ3) is 5.51. The summed E-state index contributed by atoms with van der Waals surface area (Å²) in [6, 6.07) is 21.4. The second-order valence-corrected chi connectivity index (χ2v) is 9.52. The summed E-state index contributed by atoms with van der Waals surface area (Å²) in [5.74, 6) is -0.273. The Hall–Kier alpha value is -3.52. The maximum atomic E-state index is 12.7. The fourth-order valence-electron chi connectivity index (χ4n) is 3.71. The Morgan fingerprint density at radius 3 is 2.62 bits per heavy atom. The maximum Gasteiger partial charge on any atom is 0.265 e. The normalized spacial score (nSPS) is 10.9. The molecule has 0 saturated carbocycles. The molecule has 2 aromatic heterocycles. The second kappa shape index (κ2) is 10.6. The molecule has 0 aliphatic rings. The highest BCUT2D eigenvalue weighted by Gasteiger charge is 2.15. The van der Waals surface area contributed by atoms with Crippen LogP contribution < -0.4 is 10.9 Å². The average molecular weight is 492 g/mol. The molecule has 4 rings (SSSR count). The SMILES string of the molecule is CN(Cc1cccc(-n2ccccc2=O)c1)Cc1c(C=O)cccc1NC(=O)c1ccc(Cl)s1. The van der Waals surface area contributed by atoms with E-state index in [0.717, 1.165) is 23.1 Å². The first-order chi connectivity index (χ1) is 16.4. The Balaban J connectivity index is 1.54.